The standard InChI is InChI=1S/C28H26N4O3.2ClH/c1-33-23-10-8-18(14-25(23)35-3)26-22-16-30-27-21(5-4-6-24(27)34-2)28(22)32(31-26)20-9-7-19-15-29-12-11-17(19)13-20;;/h4-10,13-14,16,29H,11-12,15H2,1-3H3;2*1H. The monoisotopic (exact) mass is 538 g/mol. The summed E-state index contributed by atoms with van der Waals surface area (Å²) in [5.41, 5.74) is 7.28. The highest BCUT2D eigenvalue weighted by Gasteiger charge is 2.20. The van der Waals surface area contributed by atoms with Crippen LogP contribution in [0.2, 0.25) is 0 Å². The molecule has 1 aliphatic rings. The van der Waals surface area contributed by atoms with Crippen molar-refractivity contribution in [3.05, 3.63) is 71.9 Å². The third-order valence-corrected chi connectivity index (χ3v) is 6.70. The lowest BCUT2D eigenvalue weighted by Crippen LogP contribution is -2.23. The highest BCUT2D eigenvalue weighted by atomic mass is 35.5. The molecule has 0 radical (unpaired) electrons. The van der Waals surface area contributed by atoms with Crippen LogP contribution in [0.1, 0.15) is 11.1 Å². The van der Waals surface area contributed by atoms with Crippen molar-refractivity contribution in [3.63, 3.8) is 0 Å². The summed E-state index contributed by atoms with van der Waals surface area (Å²) in [6, 6.07) is 18.5. The Kier molecular flexibility index (Phi) is 7.78. The Morgan fingerprint density at radius 3 is 2.41 bits per heavy atom. The zero-order valence-electron chi connectivity index (χ0n) is 20.8. The largest absolute Gasteiger partial charge is 0.494 e. The van der Waals surface area contributed by atoms with Gasteiger partial charge in [-0.25, -0.2) is 4.68 Å². The van der Waals surface area contributed by atoms with Gasteiger partial charge in [-0.2, -0.15) is 5.10 Å². The Balaban J connectivity index is 0.00000160. The van der Waals surface area contributed by atoms with Gasteiger partial charge < -0.3 is 19.5 Å². The second kappa shape index (κ2) is 10.8. The van der Waals surface area contributed by atoms with Crippen LogP contribution in [0.5, 0.6) is 17.2 Å². The molecule has 1 aliphatic heterocycles. The zero-order valence-corrected chi connectivity index (χ0v) is 22.4. The van der Waals surface area contributed by atoms with Crippen LogP contribution >= 0.6 is 24.8 Å². The average Bonchev–Trinajstić information content (AvgIpc) is 3.32. The van der Waals surface area contributed by atoms with E-state index < -0.39 is 0 Å². The molecule has 6 rings (SSSR count). The number of para-hydroxylation sites is 1. The predicted molar refractivity (Wildman–Crippen MR) is 151 cm³/mol. The van der Waals surface area contributed by atoms with Crippen LogP contribution in [-0.4, -0.2) is 42.6 Å². The lowest BCUT2D eigenvalue weighted by Gasteiger charge is -2.18. The van der Waals surface area contributed by atoms with E-state index in [2.05, 4.69) is 29.6 Å². The van der Waals surface area contributed by atoms with Crippen LogP contribution < -0.4 is 19.5 Å². The molecular formula is C28H28Cl2N4O3. The number of rotatable bonds is 5. The Labute approximate surface area is 227 Å². The first-order valence-corrected chi connectivity index (χ1v) is 11.6. The summed E-state index contributed by atoms with van der Waals surface area (Å²) in [4.78, 5) is 4.78. The van der Waals surface area contributed by atoms with Gasteiger partial charge in [-0.3, -0.25) is 4.98 Å². The lowest BCUT2D eigenvalue weighted by atomic mass is 10.0. The number of pyridine rings is 1. The van der Waals surface area contributed by atoms with Gasteiger partial charge in [-0.15, -0.1) is 24.8 Å². The highest BCUT2D eigenvalue weighted by molar-refractivity contribution is 6.10. The number of methoxy groups -OCH3 is 3. The van der Waals surface area contributed by atoms with Crippen molar-refractivity contribution in [1.82, 2.24) is 20.1 Å². The third kappa shape index (κ3) is 4.44. The molecule has 7 nitrogen and oxygen atoms in total. The Bertz CT molecular complexity index is 1590. The van der Waals surface area contributed by atoms with Crippen LogP contribution in [0.4, 0.5) is 0 Å². The normalized spacial score (nSPS) is 12.4. The Hall–Kier alpha value is -3.52. The maximum absolute atomic E-state index is 5.61. The molecule has 5 aromatic rings. The second-order valence-corrected chi connectivity index (χ2v) is 8.59. The van der Waals surface area contributed by atoms with Crippen molar-refractivity contribution in [3.8, 4) is 34.2 Å². The lowest BCUT2D eigenvalue weighted by molar-refractivity contribution is 0.355. The molecule has 192 valence electrons. The number of hydrogen-bond donors (Lipinski definition) is 1. The van der Waals surface area contributed by atoms with Crippen molar-refractivity contribution in [2.75, 3.05) is 27.9 Å². The summed E-state index contributed by atoms with van der Waals surface area (Å²) in [6.45, 7) is 1.88. The van der Waals surface area contributed by atoms with E-state index in [9.17, 15) is 0 Å². The van der Waals surface area contributed by atoms with Crippen molar-refractivity contribution in [1.29, 1.82) is 0 Å². The van der Waals surface area contributed by atoms with Crippen LogP contribution in [-0.2, 0) is 13.0 Å². The van der Waals surface area contributed by atoms with Crippen LogP contribution in [0.3, 0.4) is 0 Å². The number of ether oxygens (including phenoxy) is 3. The van der Waals surface area contributed by atoms with Crippen molar-refractivity contribution in [2.24, 2.45) is 0 Å². The number of nitrogens with zero attached hydrogens (tertiary/aromatic N) is 3. The highest BCUT2D eigenvalue weighted by Crippen LogP contribution is 2.39. The van der Waals surface area contributed by atoms with E-state index in [0.29, 0.717) is 11.5 Å². The van der Waals surface area contributed by atoms with Gasteiger partial charge in [0.1, 0.15) is 17.0 Å². The van der Waals surface area contributed by atoms with Gasteiger partial charge >= 0.3 is 0 Å². The minimum atomic E-state index is 0. The van der Waals surface area contributed by atoms with Gasteiger partial charge in [-0.1, -0.05) is 18.2 Å². The number of benzene rings is 3. The van der Waals surface area contributed by atoms with Gasteiger partial charge in [0.2, 0.25) is 0 Å². The zero-order chi connectivity index (χ0) is 23.9. The molecule has 3 heterocycles. The van der Waals surface area contributed by atoms with E-state index in [1.165, 1.54) is 11.1 Å². The fraction of sp³-hybridized carbons (Fsp3) is 0.214. The minimum absolute atomic E-state index is 0. The van der Waals surface area contributed by atoms with E-state index in [-0.39, 0.29) is 24.8 Å². The third-order valence-electron chi connectivity index (χ3n) is 6.70. The molecule has 0 amide bonds. The summed E-state index contributed by atoms with van der Waals surface area (Å²) in [5.74, 6) is 2.07. The number of hydrogen-bond acceptors (Lipinski definition) is 6. The molecular weight excluding hydrogens is 511 g/mol. The second-order valence-electron chi connectivity index (χ2n) is 8.59. The molecule has 37 heavy (non-hydrogen) atoms. The molecule has 0 unspecified atom stereocenters. The van der Waals surface area contributed by atoms with Gasteiger partial charge in [0.05, 0.1) is 32.5 Å². The molecule has 2 aromatic heterocycles. The number of nitrogens with one attached hydrogen (secondary N) is 1. The van der Waals surface area contributed by atoms with E-state index in [0.717, 1.165) is 64.0 Å². The molecule has 3 aromatic carbocycles. The summed E-state index contributed by atoms with van der Waals surface area (Å²) in [5, 5.41) is 10.5. The first-order chi connectivity index (χ1) is 17.2. The number of aromatic nitrogens is 3. The maximum Gasteiger partial charge on any atom is 0.161 e. The quantitative estimate of drug-likeness (QED) is 0.307. The Morgan fingerprint density at radius 2 is 1.62 bits per heavy atom. The summed E-state index contributed by atoms with van der Waals surface area (Å²) in [6.07, 6.45) is 2.89. The maximum atomic E-state index is 5.61. The molecule has 0 saturated carbocycles. The molecule has 0 saturated heterocycles. The van der Waals surface area contributed by atoms with Crippen molar-refractivity contribution >= 4 is 46.6 Å². The van der Waals surface area contributed by atoms with Crippen molar-refractivity contribution in [2.45, 2.75) is 13.0 Å². The van der Waals surface area contributed by atoms with Gasteiger partial charge in [0.15, 0.2) is 11.5 Å². The van der Waals surface area contributed by atoms with Gasteiger partial charge in [-0.05, 0) is 60.5 Å². The molecule has 0 atom stereocenters. The van der Waals surface area contributed by atoms with Crippen LogP contribution in [0, 0.1) is 0 Å². The van der Waals surface area contributed by atoms with Crippen LogP contribution in [0.25, 0.3) is 38.8 Å². The number of fused-ring (bicyclic) bond motifs is 4. The van der Waals surface area contributed by atoms with Gasteiger partial charge in [0.25, 0.3) is 0 Å². The van der Waals surface area contributed by atoms with E-state index in [1.807, 2.05) is 41.2 Å². The van der Waals surface area contributed by atoms with Crippen molar-refractivity contribution < 1.29 is 14.2 Å². The summed E-state index contributed by atoms with van der Waals surface area (Å²) >= 11 is 0. The van der Waals surface area contributed by atoms with Crippen LogP contribution in [0.15, 0.2) is 60.8 Å². The molecule has 1 N–H and O–H groups in total. The first kappa shape index (κ1) is 26.5. The predicted octanol–water partition coefficient (Wildman–Crippen LogP) is 5.76. The minimum Gasteiger partial charge on any atom is -0.494 e. The molecule has 0 spiro atoms. The summed E-state index contributed by atoms with van der Waals surface area (Å²) in [7, 11) is 4.95. The number of halogens is 2. The molecule has 0 fully saturated rings. The molecule has 0 bridgehead atoms. The fourth-order valence-corrected chi connectivity index (χ4v) is 4.93. The average molecular weight is 539 g/mol. The summed E-state index contributed by atoms with van der Waals surface area (Å²) < 4.78 is 18.7. The molecule has 9 heteroatoms. The topological polar surface area (TPSA) is 70.4 Å². The van der Waals surface area contributed by atoms with E-state index in [4.69, 9.17) is 24.3 Å². The Morgan fingerprint density at radius 1 is 0.811 bits per heavy atom. The SMILES string of the molecule is COc1ccc(-c2nn(-c3ccc4c(c3)CCNC4)c3c2cnc2c(OC)cccc23)cc1OC.Cl.Cl. The van der Waals surface area contributed by atoms with E-state index in [1.54, 1.807) is 21.3 Å². The first-order valence-electron chi connectivity index (χ1n) is 11.6. The van der Waals surface area contributed by atoms with Gasteiger partial charge in [0, 0.05) is 29.1 Å². The molecule has 0 aliphatic carbocycles. The van der Waals surface area contributed by atoms with E-state index >= 15 is 0 Å². The smallest absolute Gasteiger partial charge is 0.161 e. The fourth-order valence-electron chi connectivity index (χ4n) is 4.93.